The summed E-state index contributed by atoms with van der Waals surface area (Å²) in [6, 6.07) is 15.3. The number of primary amides is 1. The molecule has 3 heterocycles. The number of nitrogens with zero attached hydrogens (tertiary/aromatic N) is 4. The third-order valence-corrected chi connectivity index (χ3v) is 7.34. The summed E-state index contributed by atoms with van der Waals surface area (Å²) in [4.78, 5) is 31.3. The van der Waals surface area contributed by atoms with E-state index in [0.717, 1.165) is 68.9 Å². The van der Waals surface area contributed by atoms with E-state index in [4.69, 9.17) is 5.73 Å². The number of anilines is 2. The van der Waals surface area contributed by atoms with Crippen LogP contribution >= 0.6 is 0 Å². The van der Waals surface area contributed by atoms with Crippen molar-refractivity contribution in [2.45, 2.75) is 32.2 Å². The topological polar surface area (TPSA) is 131 Å². The van der Waals surface area contributed by atoms with Gasteiger partial charge < -0.3 is 30.9 Å². The van der Waals surface area contributed by atoms with Crippen molar-refractivity contribution < 1.29 is 14.7 Å². The number of aromatic nitrogens is 2. The van der Waals surface area contributed by atoms with E-state index in [1.54, 1.807) is 24.3 Å². The van der Waals surface area contributed by atoms with Crippen molar-refractivity contribution in [1.82, 2.24) is 20.0 Å². The number of nitrogens with two attached hydrogens (primary N) is 1. The third-order valence-electron chi connectivity index (χ3n) is 7.34. The molecule has 1 aromatic heterocycles. The van der Waals surface area contributed by atoms with Gasteiger partial charge in [-0.25, -0.2) is 4.79 Å². The summed E-state index contributed by atoms with van der Waals surface area (Å²) in [7, 11) is 0. The Bertz CT molecular complexity index is 1240. The molecular formula is C28H35N7O3. The van der Waals surface area contributed by atoms with Crippen molar-refractivity contribution in [3.8, 4) is 5.75 Å². The minimum atomic E-state index is -0.546. The Kier molecular flexibility index (Phi) is 7.67. The Labute approximate surface area is 222 Å². The van der Waals surface area contributed by atoms with Crippen LogP contribution in [0.4, 0.5) is 16.3 Å². The van der Waals surface area contributed by atoms with Crippen LogP contribution in [0.25, 0.3) is 0 Å². The van der Waals surface area contributed by atoms with E-state index >= 15 is 0 Å². The van der Waals surface area contributed by atoms with Crippen LogP contribution in [-0.4, -0.2) is 76.3 Å². The van der Waals surface area contributed by atoms with Crippen LogP contribution < -0.4 is 16.0 Å². The first-order chi connectivity index (χ1) is 18.5. The summed E-state index contributed by atoms with van der Waals surface area (Å²) in [6.45, 7) is 5.27. The number of phenols is 1. The average molecular weight is 518 g/mol. The number of phenolic OH excluding ortho intramolecular Hbond substituents is 1. The lowest BCUT2D eigenvalue weighted by molar-refractivity contribution is 0.1000. The van der Waals surface area contributed by atoms with Crippen molar-refractivity contribution in [2.75, 3.05) is 49.5 Å². The number of urea groups is 1. The van der Waals surface area contributed by atoms with Crippen molar-refractivity contribution in [1.29, 1.82) is 0 Å². The van der Waals surface area contributed by atoms with E-state index in [1.165, 1.54) is 6.42 Å². The highest BCUT2D eigenvalue weighted by Crippen LogP contribution is 2.23. The highest BCUT2D eigenvalue weighted by molar-refractivity contribution is 5.99. The Morgan fingerprint density at radius 1 is 0.868 bits per heavy atom. The Morgan fingerprint density at radius 3 is 2.16 bits per heavy atom. The van der Waals surface area contributed by atoms with Crippen molar-refractivity contribution in [2.24, 2.45) is 5.73 Å². The largest absolute Gasteiger partial charge is 0.508 e. The lowest BCUT2D eigenvalue weighted by Crippen LogP contribution is -2.53. The van der Waals surface area contributed by atoms with Gasteiger partial charge >= 0.3 is 6.03 Å². The number of rotatable bonds is 7. The molecule has 0 spiro atoms. The molecule has 0 saturated carbocycles. The van der Waals surface area contributed by atoms with Gasteiger partial charge in [0.1, 0.15) is 11.3 Å². The van der Waals surface area contributed by atoms with E-state index in [0.29, 0.717) is 30.0 Å². The first-order valence-corrected chi connectivity index (χ1v) is 13.2. The first-order valence-electron chi connectivity index (χ1n) is 13.2. The fraction of sp³-hybridized carbons (Fsp3) is 0.393. The van der Waals surface area contributed by atoms with Gasteiger partial charge in [0.25, 0.3) is 5.91 Å². The summed E-state index contributed by atoms with van der Waals surface area (Å²) in [5.41, 5.74) is 9.79. The summed E-state index contributed by atoms with van der Waals surface area (Å²) >= 11 is 0. The molecule has 200 valence electrons. The van der Waals surface area contributed by atoms with Crippen LogP contribution in [0.1, 0.15) is 46.4 Å². The second-order valence-electron chi connectivity index (χ2n) is 9.96. The summed E-state index contributed by atoms with van der Waals surface area (Å²) < 4.78 is 0. The van der Waals surface area contributed by atoms with E-state index in [1.807, 2.05) is 9.80 Å². The van der Waals surface area contributed by atoms with Crippen molar-refractivity contribution in [3.05, 3.63) is 70.9 Å². The number of piperidine rings is 1. The number of aromatic hydroxyl groups is 1. The predicted molar refractivity (Wildman–Crippen MR) is 146 cm³/mol. The SMILES string of the molecule is NC(=O)c1c(NCc2ccc(O)cc2)n[nH]c1Cc1ccc(N2CCN(C(=O)N3CCCCC3)CC2)cc1. The van der Waals surface area contributed by atoms with Gasteiger partial charge in [0.05, 0.1) is 5.69 Å². The molecule has 0 unspecified atom stereocenters. The number of H-pyrrole nitrogens is 1. The van der Waals surface area contributed by atoms with Crippen LogP contribution in [-0.2, 0) is 13.0 Å². The molecule has 2 aliphatic heterocycles. The Balaban J connectivity index is 1.18. The lowest BCUT2D eigenvalue weighted by atomic mass is 10.1. The monoisotopic (exact) mass is 517 g/mol. The number of carbonyl (C=O) groups is 2. The van der Waals surface area contributed by atoms with Gasteiger partial charge in [0, 0.05) is 57.9 Å². The molecule has 5 N–H and O–H groups in total. The predicted octanol–water partition coefficient (Wildman–Crippen LogP) is 3.15. The van der Waals surface area contributed by atoms with E-state index in [-0.39, 0.29) is 11.8 Å². The maximum absolute atomic E-state index is 12.8. The number of benzene rings is 2. The summed E-state index contributed by atoms with van der Waals surface area (Å²) in [6.07, 6.45) is 3.92. The van der Waals surface area contributed by atoms with Crippen LogP contribution in [0.5, 0.6) is 5.75 Å². The molecule has 0 bridgehead atoms. The fourth-order valence-corrected chi connectivity index (χ4v) is 5.17. The van der Waals surface area contributed by atoms with Gasteiger partial charge in [-0.2, -0.15) is 5.10 Å². The molecule has 10 nitrogen and oxygen atoms in total. The number of piperazine rings is 1. The van der Waals surface area contributed by atoms with Gasteiger partial charge in [-0.3, -0.25) is 9.89 Å². The number of hydrogen-bond acceptors (Lipinski definition) is 6. The number of hydrogen-bond donors (Lipinski definition) is 4. The van der Waals surface area contributed by atoms with Gasteiger partial charge in [-0.05, 0) is 54.7 Å². The molecule has 3 aromatic rings. The maximum atomic E-state index is 12.8. The molecule has 2 aromatic carbocycles. The standard InChI is InChI=1S/C28H35N7O3/c29-26(37)25-24(31-32-27(25)30-19-21-6-10-23(36)11-7-21)18-20-4-8-22(9-5-20)33-14-16-35(17-15-33)28(38)34-12-2-1-3-13-34/h4-11,36H,1-3,12-19H2,(H2,29,37)(H2,30,31,32). The zero-order valence-electron chi connectivity index (χ0n) is 21.5. The second-order valence-corrected chi connectivity index (χ2v) is 9.96. The molecule has 5 rings (SSSR count). The molecule has 0 atom stereocenters. The molecule has 2 aliphatic rings. The number of likely N-dealkylation sites (tertiary alicyclic amines) is 1. The number of amides is 3. The van der Waals surface area contributed by atoms with Crippen LogP contribution in [0.2, 0.25) is 0 Å². The Morgan fingerprint density at radius 2 is 1.50 bits per heavy atom. The van der Waals surface area contributed by atoms with Crippen LogP contribution in [0.15, 0.2) is 48.5 Å². The fourth-order valence-electron chi connectivity index (χ4n) is 5.17. The van der Waals surface area contributed by atoms with Gasteiger partial charge in [0.15, 0.2) is 5.82 Å². The zero-order valence-corrected chi connectivity index (χ0v) is 21.5. The van der Waals surface area contributed by atoms with Gasteiger partial charge in [-0.15, -0.1) is 0 Å². The maximum Gasteiger partial charge on any atom is 0.320 e. The molecular weight excluding hydrogens is 482 g/mol. The number of nitrogens with one attached hydrogen (secondary N) is 2. The Hall–Kier alpha value is -4.21. The van der Waals surface area contributed by atoms with Crippen LogP contribution in [0, 0.1) is 0 Å². The smallest absolute Gasteiger partial charge is 0.320 e. The van der Waals surface area contributed by atoms with Gasteiger partial charge in [-0.1, -0.05) is 24.3 Å². The second kappa shape index (κ2) is 11.5. The lowest BCUT2D eigenvalue weighted by Gasteiger charge is -2.39. The van der Waals surface area contributed by atoms with Crippen molar-refractivity contribution >= 4 is 23.4 Å². The highest BCUT2D eigenvalue weighted by Gasteiger charge is 2.26. The molecule has 0 radical (unpaired) electrons. The minimum absolute atomic E-state index is 0.182. The third kappa shape index (κ3) is 5.85. The van der Waals surface area contributed by atoms with E-state index < -0.39 is 5.91 Å². The number of carbonyl (C=O) groups excluding carboxylic acids is 2. The highest BCUT2D eigenvalue weighted by atomic mass is 16.3. The number of aromatic amines is 1. The molecule has 2 fully saturated rings. The average Bonchev–Trinajstić information content (AvgIpc) is 3.36. The quantitative estimate of drug-likeness (QED) is 0.381. The van der Waals surface area contributed by atoms with Crippen LogP contribution in [0.3, 0.4) is 0 Å². The molecule has 2 saturated heterocycles. The summed E-state index contributed by atoms with van der Waals surface area (Å²) in [5.74, 6) is 0.0644. The zero-order chi connectivity index (χ0) is 26.5. The normalized spacial score (nSPS) is 15.9. The van der Waals surface area contributed by atoms with E-state index in [2.05, 4.69) is 44.7 Å². The minimum Gasteiger partial charge on any atom is -0.508 e. The molecule has 10 heteroatoms. The molecule has 38 heavy (non-hydrogen) atoms. The van der Waals surface area contributed by atoms with Gasteiger partial charge in [0.2, 0.25) is 0 Å². The van der Waals surface area contributed by atoms with E-state index in [9.17, 15) is 14.7 Å². The molecule has 3 amide bonds. The molecule has 0 aliphatic carbocycles. The van der Waals surface area contributed by atoms with Crippen molar-refractivity contribution in [3.63, 3.8) is 0 Å². The summed E-state index contributed by atoms with van der Waals surface area (Å²) in [5, 5.41) is 19.9. The first kappa shape index (κ1) is 25.4.